The van der Waals surface area contributed by atoms with Crippen LogP contribution in [0.1, 0.15) is 32.0 Å². The van der Waals surface area contributed by atoms with Crippen LogP contribution in [0.25, 0.3) is 0 Å². The number of nitrogens with zero attached hydrogens (tertiary/aromatic N) is 2. The van der Waals surface area contributed by atoms with Gasteiger partial charge in [0.15, 0.2) is 0 Å². The molecule has 1 rings (SSSR count). The first kappa shape index (κ1) is 10.3. The molecule has 0 saturated carbocycles. The Kier molecular flexibility index (Phi) is 2.76. The largest absolute Gasteiger partial charge is 0.326 e. The molecule has 0 aliphatic rings. The highest BCUT2D eigenvalue weighted by Gasteiger charge is 2.12. The highest BCUT2D eigenvalue weighted by atomic mass is 15.3. The molecule has 2 N–H and O–H groups in total. The van der Waals surface area contributed by atoms with Gasteiger partial charge in [0.2, 0.25) is 0 Å². The van der Waals surface area contributed by atoms with Crippen molar-refractivity contribution in [1.29, 1.82) is 0 Å². The predicted molar refractivity (Wildman–Crippen MR) is 54.3 cm³/mol. The Morgan fingerprint density at radius 3 is 2.46 bits per heavy atom. The second-order valence-corrected chi connectivity index (χ2v) is 4.70. The van der Waals surface area contributed by atoms with Crippen molar-refractivity contribution >= 4 is 0 Å². The van der Waals surface area contributed by atoms with Crippen molar-refractivity contribution in [3.05, 3.63) is 17.5 Å². The molecule has 74 valence electrons. The molecular weight excluding hydrogens is 162 g/mol. The lowest BCUT2D eigenvalue weighted by Crippen LogP contribution is -2.15. The van der Waals surface area contributed by atoms with E-state index in [0.29, 0.717) is 6.54 Å². The number of aryl methyl sites for hydroxylation is 1. The van der Waals surface area contributed by atoms with Crippen molar-refractivity contribution in [2.24, 2.45) is 11.1 Å². The molecule has 0 fully saturated rings. The summed E-state index contributed by atoms with van der Waals surface area (Å²) in [6.45, 7) is 10.1. The summed E-state index contributed by atoms with van der Waals surface area (Å²) in [5.74, 6) is 0. The van der Waals surface area contributed by atoms with Gasteiger partial charge >= 0.3 is 0 Å². The molecule has 0 aliphatic carbocycles. The molecule has 0 radical (unpaired) electrons. The topological polar surface area (TPSA) is 43.8 Å². The summed E-state index contributed by atoms with van der Waals surface area (Å²) in [7, 11) is 0. The summed E-state index contributed by atoms with van der Waals surface area (Å²) >= 11 is 0. The molecule has 0 bridgehead atoms. The van der Waals surface area contributed by atoms with Crippen molar-refractivity contribution in [1.82, 2.24) is 9.78 Å². The van der Waals surface area contributed by atoms with Crippen LogP contribution in [0.4, 0.5) is 0 Å². The van der Waals surface area contributed by atoms with Crippen molar-refractivity contribution in [2.45, 2.75) is 40.8 Å². The van der Waals surface area contributed by atoms with Crippen LogP contribution in [-0.2, 0) is 13.1 Å². The lowest BCUT2D eigenvalue weighted by molar-refractivity contribution is 0.324. The third kappa shape index (κ3) is 2.84. The van der Waals surface area contributed by atoms with E-state index in [1.165, 1.54) is 0 Å². The van der Waals surface area contributed by atoms with E-state index in [1.807, 2.05) is 17.8 Å². The van der Waals surface area contributed by atoms with Crippen LogP contribution in [0, 0.1) is 12.3 Å². The number of nitrogens with two attached hydrogens (primary N) is 1. The molecule has 13 heavy (non-hydrogen) atoms. The predicted octanol–water partition coefficient (Wildman–Crippen LogP) is 1.70. The maximum Gasteiger partial charge on any atom is 0.0638 e. The smallest absolute Gasteiger partial charge is 0.0638 e. The summed E-state index contributed by atoms with van der Waals surface area (Å²) in [4.78, 5) is 0. The maximum absolute atomic E-state index is 5.57. The van der Waals surface area contributed by atoms with E-state index in [-0.39, 0.29) is 5.41 Å². The average molecular weight is 181 g/mol. The highest BCUT2D eigenvalue weighted by Crippen LogP contribution is 2.16. The van der Waals surface area contributed by atoms with Crippen LogP contribution in [0.15, 0.2) is 6.20 Å². The quantitative estimate of drug-likeness (QED) is 0.754. The normalized spacial score (nSPS) is 12.1. The summed E-state index contributed by atoms with van der Waals surface area (Å²) in [6, 6.07) is 0. The van der Waals surface area contributed by atoms with Gasteiger partial charge in [-0.3, -0.25) is 4.68 Å². The Bertz CT molecular complexity index is 281. The van der Waals surface area contributed by atoms with Gasteiger partial charge in [-0.05, 0) is 12.3 Å². The van der Waals surface area contributed by atoms with Gasteiger partial charge in [0, 0.05) is 24.8 Å². The molecule has 0 aliphatic heterocycles. The first-order valence-corrected chi connectivity index (χ1v) is 4.65. The summed E-state index contributed by atoms with van der Waals surface area (Å²) in [6.07, 6.45) is 2.04. The van der Waals surface area contributed by atoms with Gasteiger partial charge in [-0.15, -0.1) is 0 Å². The van der Waals surface area contributed by atoms with E-state index in [4.69, 9.17) is 5.73 Å². The summed E-state index contributed by atoms with van der Waals surface area (Å²) in [5.41, 5.74) is 8.03. The third-order valence-electron chi connectivity index (χ3n) is 1.90. The van der Waals surface area contributed by atoms with E-state index in [9.17, 15) is 0 Å². The molecule has 0 unspecified atom stereocenters. The molecule has 3 heteroatoms. The number of rotatable bonds is 2. The van der Waals surface area contributed by atoms with Gasteiger partial charge in [-0.1, -0.05) is 20.8 Å². The fraction of sp³-hybridized carbons (Fsp3) is 0.700. The first-order valence-electron chi connectivity index (χ1n) is 4.65. The van der Waals surface area contributed by atoms with Gasteiger partial charge in [0.25, 0.3) is 0 Å². The second kappa shape index (κ2) is 3.50. The standard InChI is InChI=1S/C10H19N3/c1-8-9(5-11)6-13(12-8)7-10(2,3)4/h6H,5,7,11H2,1-4H3. The molecule has 0 amide bonds. The number of hydrogen-bond acceptors (Lipinski definition) is 2. The average Bonchev–Trinajstić information content (AvgIpc) is 2.26. The molecule has 0 aromatic carbocycles. The monoisotopic (exact) mass is 181 g/mol. The zero-order chi connectivity index (χ0) is 10.1. The van der Waals surface area contributed by atoms with Crippen LogP contribution in [-0.4, -0.2) is 9.78 Å². The van der Waals surface area contributed by atoms with Crippen molar-refractivity contribution in [2.75, 3.05) is 0 Å². The Morgan fingerprint density at radius 2 is 2.08 bits per heavy atom. The molecule has 1 aromatic rings. The number of aromatic nitrogens is 2. The van der Waals surface area contributed by atoms with Gasteiger partial charge in [0.1, 0.15) is 0 Å². The Hall–Kier alpha value is -0.830. The third-order valence-corrected chi connectivity index (χ3v) is 1.90. The van der Waals surface area contributed by atoms with E-state index in [2.05, 4.69) is 25.9 Å². The molecule has 0 saturated heterocycles. The van der Waals surface area contributed by atoms with Crippen molar-refractivity contribution < 1.29 is 0 Å². The van der Waals surface area contributed by atoms with E-state index in [0.717, 1.165) is 17.8 Å². The maximum atomic E-state index is 5.57. The van der Waals surface area contributed by atoms with E-state index >= 15 is 0 Å². The zero-order valence-corrected chi connectivity index (χ0v) is 8.96. The van der Waals surface area contributed by atoms with Gasteiger partial charge in [-0.25, -0.2) is 0 Å². The minimum atomic E-state index is 0.268. The van der Waals surface area contributed by atoms with Gasteiger partial charge in [0.05, 0.1) is 5.69 Å². The fourth-order valence-corrected chi connectivity index (χ4v) is 1.33. The minimum absolute atomic E-state index is 0.268. The lowest BCUT2D eigenvalue weighted by atomic mass is 9.97. The molecule has 1 heterocycles. The van der Waals surface area contributed by atoms with Crippen LogP contribution in [0.3, 0.4) is 0 Å². The molecule has 1 aromatic heterocycles. The lowest BCUT2D eigenvalue weighted by Gasteiger charge is -2.17. The summed E-state index contributed by atoms with van der Waals surface area (Å²) < 4.78 is 1.98. The SMILES string of the molecule is Cc1nn(CC(C)(C)C)cc1CN. The number of hydrogen-bond donors (Lipinski definition) is 1. The fourth-order valence-electron chi connectivity index (χ4n) is 1.33. The summed E-state index contributed by atoms with van der Waals surface area (Å²) in [5, 5.41) is 4.40. The van der Waals surface area contributed by atoms with Crippen LogP contribution in [0.5, 0.6) is 0 Å². The molecule has 0 atom stereocenters. The first-order chi connectivity index (χ1) is 5.92. The Labute approximate surface area is 79.9 Å². The van der Waals surface area contributed by atoms with Gasteiger partial charge < -0.3 is 5.73 Å². The second-order valence-electron chi connectivity index (χ2n) is 4.70. The van der Waals surface area contributed by atoms with Crippen LogP contribution >= 0.6 is 0 Å². The Morgan fingerprint density at radius 1 is 1.46 bits per heavy atom. The Balaban J connectivity index is 2.80. The van der Waals surface area contributed by atoms with E-state index < -0.39 is 0 Å². The van der Waals surface area contributed by atoms with Crippen LogP contribution < -0.4 is 5.73 Å². The van der Waals surface area contributed by atoms with Crippen LogP contribution in [0.2, 0.25) is 0 Å². The minimum Gasteiger partial charge on any atom is -0.326 e. The molecule has 0 spiro atoms. The van der Waals surface area contributed by atoms with Crippen molar-refractivity contribution in [3.63, 3.8) is 0 Å². The highest BCUT2D eigenvalue weighted by molar-refractivity contribution is 5.14. The molecular formula is C10H19N3. The van der Waals surface area contributed by atoms with Gasteiger partial charge in [-0.2, -0.15) is 5.10 Å². The van der Waals surface area contributed by atoms with Crippen molar-refractivity contribution in [3.8, 4) is 0 Å². The molecule has 3 nitrogen and oxygen atoms in total. The zero-order valence-electron chi connectivity index (χ0n) is 8.96. The van der Waals surface area contributed by atoms with E-state index in [1.54, 1.807) is 0 Å².